The van der Waals surface area contributed by atoms with E-state index in [0.717, 1.165) is 6.42 Å². The van der Waals surface area contributed by atoms with E-state index in [4.69, 9.17) is 4.42 Å². The summed E-state index contributed by atoms with van der Waals surface area (Å²) < 4.78 is 5.37. The minimum atomic E-state index is -0.227. The van der Waals surface area contributed by atoms with Crippen molar-refractivity contribution >= 4 is 17.7 Å². The third-order valence-electron chi connectivity index (χ3n) is 3.53. The molecule has 1 aliphatic rings. The molecule has 0 bridgehead atoms. The van der Waals surface area contributed by atoms with Crippen LogP contribution in [0.5, 0.6) is 0 Å². The van der Waals surface area contributed by atoms with Crippen LogP contribution in [0.3, 0.4) is 0 Å². The second kappa shape index (κ2) is 5.44. The summed E-state index contributed by atoms with van der Waals surface area (Å²) in [5, 5.41) is 2.52. The van der Waals surface area contributed by atoms with E-state index in [0.29, 0.717) is 19.0 Å². The molecule has 0 fully saturated rings. The second-order valence-corrected chi connectivity index (χ2v) is 5.09. The number of fused-ring (bicyclic) bond motifs is 1. The Morgan fingerprint density at radius 2 is 1.90 bits per heavy atom. The molecule has 0 atom stereocenters. The fourth-order valence-corrected chi connectivity index (χ4v) is 2.52. The maximum atomic E-state index is 12.4. The molecule has 0 saturated heterocycles. The summed E-state index contributed by atoms with van der Waals surface area (Å²) in [6.45, 7) is 2.66. The van der Waals surface area contributed by atoms with Crippen LogP contribution in [-0.2, 0) is 17.8 Å². The quantitative estimate of drug-likeness (QED) is 0.921. The molecule has 0 radical (unpaired) electrons. The van der Waals surface area contributed by atoms with E-state index in [2.05, 4.69) is 11.4 Å². The highest BCUT2D eigenvalue weighted by Crippen LogP contribution is 2.22. The Labute approximate surface area is 122 Å². The topological polar surface area (TPSA) is 62.6 Å². The average Bonchev–Trinajstić information content (AvgIpc) is 2.93. The molecule has 108 valence electrons. The minimum Gasteiger partial charge on any atom is -0.435 e. The summed E-state index contributed by atoms with van der Waals surface area (Å²) in [6, 6.07) is 11.3. The van der Waals surface area contributed by atoms with Gasteiger partial charge in [0, 0.05) is 26.1 Å². The first-order chi connectivity index (χ1) is 10.1. The van der Waals surface area contributed by atoms with Gasteiger partial charge in [0.15, 0.2) is 11.6 Å². The molecular formula is C16H16N2O3. The van der Waals surface area contributed by atoms with Crippen molar-refractivity contribution in [2.75, 3.05) is 11.9 Å². The van der Waals surface area contributed by atoms with E-state index >= 15 is 0 Å². The van der Waals surface area contributed by atoms with Gasteiger partial charge in [-0.3, -0.25) is 14.9 Å². The van der Waals surface area contributed by atoms with Gasteiger partial charge in [-0.1, -0.05) is 24.3 Å². The molecule has 0 aliphatic carbocycles. The van der Waals surface area contributed by atoms with Crippen molar-refractivity contribution in [2.45, 2.75) is 19.9 Å². The Hall–Kier alpha value is -2.56. The van der Waals surface area contributed by atoms with Gasteiger partial charge in [0.2, 0.25) is 5.91 Å². The van der Waals surface area contributed by atoms with E-state index in [-0.39, 0.29) is 17.6 Å². The van der Waals surface area contributed by atoms with E-state index < -0.39 is 0 Å². The Morgan fingerprint density at radius 1 is 1.14 bits per heavy atom. The summed E-state index contributed by atoms with van der Waals surface area (Å²) in [5.74, 6) is 0.165. The largest absolute Gasteiger partial charge is 0.435 e. The van der Waals surface area contributed by atoms with Gasteiger partial charge in [-0.05, 0) is 23.6 Å². The number of anilines is 1. The zero-order chi connectivity index (χ0) is 14.8. The summed E-state index contributed by atoms with van der Waals surface area (Å²) >= 11 is 0. The molecule has 1 aromatic heterocycles. The van der Waals surface area contributed by atoms with Crippen LogP contribution < -0.4 is 5.32 Å². The van der Waals surface area contributed by atoms with Crippen molar-refractivity contribution in [3.05, 3.63) is 53.3 Å². The van der Waals surface area contributed by atoms with E-state index in [1.807, 2.05) is 18.2 Å². The Balaban J connectivity index is 1.74. The number of nitrogens with zero attached hydrogens (tertiary/aromatic N) is 1. The molecule has 21 heavy (non-hydrogen) atoms. The van der Waals surface area contributed by atoms with Gasteiger partial charge in [-0.2, -0.15) is 0 Å². The fraction of sp³-hybridized carbons (Fsp3) is 0.250. The van der Waals surface area contributed by atoms with E-state index in [9.17, 15) is 9.59 Å². The fourth-order valence-electron chi connectivity index (χ4n) is 2.52. The summed E-state index contributed by atoms with van der Waals surface area (Å²) in [5.41, 5.74) is 2.46. The smallest absolute Gasteiger partial charge is 0.289 e. The third-order valence-corrected chi connectivity index (χ3v) is 3.53. The summed E-state index contributed by atoms with van der Waals surface area (Å²) in [7, 11) is 0. The first-order valence-electron chi connectivity index (χ1n) is 6.87. The third kappa shape index (κ3) is 2.81. The van der Waals surface area contributed by atoms with Gasteiger partial charge in [0.25, 0.3) is 5.91 Å². The van der Waals surface area contributed by atoms with Crippen LogP contribution >= 0.6 is 0 Å². The molecule has 1 aliphatic heterocycles. The molecule has 2 amide bonds. The zero-order valence-electron chi connectivity index (χ0n) is 11.8. The highest BCUT2D eigenvalue weighted by atomic mass is 16.4. The lowest BCUT2D eigenvalue weighted by atomic mass is 10.00. The van der Waals surface area contributed by atoms with Crippen LogP contribution in [0.25, 0.3) is 0 Å². The van der Waals surface area contributed by atoms with Crippen molar-refractivity contribution in [2.24, 2.45) is 0 Å². The second-order valence-electron chi connectivity index (χ2n) is 5.09. The summed E-state index contributed by atoms with van der Waals surface area (Å²) in [4.78, 5) is 25.2. The van der Waals surface area contributed by atoms with E-state index in [1.54, 1.807) is 17.0 Å². The molecule has 3 rings (SSSR count). The highest BCUT2D eigenvalue weighted by molar-refractivity contribution is 5.93. The number of rotatable bonds is 2. The van der Waals surface area contributed by atoms with Crippen molar-refractivity contribution in [1.82, 2.24) is 4.90 Å². The molecule has 1 aromatic carbocycles. The van der Waals surface area contributed by atoms with Crippen LogP contribution in [0.4, 0.5) is 5.88 Å². The van der Waals surface area contributed by atoms with Gasteiger partial charge < -0.3 is 9.32 Å². The summed E-state index contributed by atoms with van der Waals surface area (Å²) in [6.07, 6.45) is 0.848. The number of amides is 2. The number of furan rings is 1. The molecule has 0 saturated carbocycles. The van der Waals surface area contributed by atoms with Crippen molar-refractivity contribution in [3.63, 3.8) is 0 Å². The number of hydrogen-bond acceptors (Lipinski definition) is 3. The Bertz CT molecular complexity index is 690. The lowest BCUT2D eigenvalue weighted by molar-refractivity contribution is -0.114. The number of carbonyl (C=O) groups is 2. The number of carbonyl (C=O) groups excluding carboxylic acids is 2. The van der Waals surface area contributed by atoms with Gasteiger partial charge in [-0.15, -0.1) is 0 Å². The molecular weight excluding hydrogens is 268 g/mol. The van der Waals surface area contributed by atoms with Crippen LogP contribution in [0.1, 0.15) is 28.6 Å². The van der Waals surface area contributed by atoms with Crippen LogP contribution in [0.15, 0.2) is 40.8 Å². The van der Waals surface area contributed by atoms with Gasteiger partial charge in [0.1, 0.15) is 0 Å². The first kappa shape index (κ1) is 13.4. The molecule has 0 unspecified atom stereocenters. The lowest BCUT2D eigenvalue weighted by Crippen LogP contribution is -2.35. The maximum Gasteiger partial charge on any atom is 0.289 e. The highest BCUT2D eigenvalue weighted by Gasteiger charge is 2.23. The average molecular weight is 284 g/mol. The molecule has 5 heteroatoms. The number of nitrogens with one attached hydrogen (secondary N) is 1. The van der Waals surface area contributed by atoms with Crippen LogP contribution in [0.2, 0.25) is 0 Å². The van der Waals surface area contributed by atoms with Crippen LogP contribution in [-0.4, -0.2) is 23.3 Å². The van der Waals surface area contributed by atoms with Crippen molar-refractivity contribution in [3.8, 4) is 0 Å². The van der Waals surface area contributed by atoms with Gasteiger partial charge in [0.05, 0.1) is 0 Å². The molecule has 2 heterocycles. The number of hydrogen-bond donors (Lipinski definition) is 1. The monoisotopic (exact) mass is 284 g/mol. The SMILES string of the molecule is CC(=O)Nc1ccc(C(=O)N2CCc3ccccc3C2)o1. The van der Waals surface area contributed by atoms with Gasteiger partial charge in [-0.25, -0.2) is 0 Å². The standard InChI is InChI=1S/C16H16N2O3/c1-11(19)17-15-7-6-14(21-15)16(20)18-9-8-12-4-2-3-5-13(12)10-18/h2-7H,8-10H2,1H3,(H,17,19). The predicted octanol–water partition coefficient (Wildman–Crippen LogP) is 2.44. The van der Waals surface area contributed by atoms with Gasteiger partial charge >= 0.3 is 0 Å². The molecule has 0 spiro atoms. The normalized spacial score (nSPS) is 13.7. The maximum absolute atomic E-state index is 12.4. The van der Waals surface area contributed by atoms with Crippen molar-refractivity contribution < 1.29 is 14.0 Å². The molecule has 2 aromatic rings. The predicted molar refractivity (Wildman–Crippen MR) is 77.9 cm³/mol. The minimum absolute atomic E-state index is 0.152. The van der Waals surface area contributed by atoms with E-state index in [1.165, 1.54) is 18.1 Å². The Kier molecular flexibility index (Phi) is 3.48. The number of benzene rings is 1. The van der Waals surface area contributed by atoms with Crippen molar-refractivity contribution in [1.29, 1.82) is 0 Å². The first-order valence-corrected chi connectivity index (χ1v) is 6.87. The molecule has 1 N–H and O–H groups in total. The zero-order valence-corrected chi connectivity index (χ0v) is 11.8. The molecule has 5 nitrogen and oxygen atoms in total. The lowest BCUT2D eigenvalue weighted by Gasteiger charge is -2.28. The Morgan fingerprint density at radius 3 is 2.67 bits per heavy atom. The van der Waals surface area contributed by atoms with Crippen LogP contribution in [0, 0.1) is 0 Å².